The molecule has 0 saturated carbocycles. The van der Waals surface area contributed by atoms with E-state index in [9.17, 15) is 18.0 Å². The topological polar surface area (TPSA) is 59.4 Å². The molecular formula is C28H31F3N4O2. The maximum absolute atomic E-state index is 14.2. The smallest absolute Gasteiger partial charge is 0.388 e. The number of para-hydroxylation sites is 2. The maximum Gasteiger partial charge on any atom is 0.417 e. The Morgan fingerprint density at radius 3 is 2.11 bits per heavy atom. The van der Waals surface area contributed by atoms with Crippen LogP contribution in [0.15, 0.2) is 77.6 Å². The zero-order valence-corrected chi connectivity index (χ0v) is 21.3. The lowest BCUT2D eigenvalue weighted by molar-refractivity contribution is -0.136. The predicted octanol–water partition coefficient (Wildman–Crippen LogP) is 6.65. The average Bonchev–Trinajstić information content (AvgIpc) is 2.88. The Morgan fingerprint density at radius 1 is 0.973 bits per heavy atom. The molecule has 0 amide bonds. The van der Waals surface area contributed by atoms with E-state index in [0.717, 1.165) is 12.5 Å². The van der Waals surface area contributed by atoms with E-state index in [1.54, 1.807) is 48.0 Å². The highest BCUT2D eigenvalue weighted by Crippen LogP contribution is 2.37. The minimum Gasteiger partial charge on any atom is -0.388 e. The molecule has 2 aromatic heterocycles. The molecule has 2 heterocycles. The van der Waals surface area contributed by atoms with Crippen molar-refractivity contribution in [2.24, 2.45) is 0 Å². The van der Waals surface area contributed by atoms with E-state index in [-0.39, 0.29) is 11.5 Å². The number of pyridine rings is 2. The van der Waals surface area contributed by atoms with Gasteiger partial charge in [0.05, 0.1) is 10.9 Å². The van der Waals surface area contributed by atoms with Gasteiger partial charge >= 0.3 is 6.18 Å². The fourth-order valence-corrected chi connectivity index (χ4v) is 3.99. The standard InChI is InChI=1S/C26H25F3N4O.C2H6O/c1-3-15-32(4-2)22-16-20(26(27,28)29)24-21(34)17-23(30-18-11-7-5-8-12-18)33(25(24)31-22)19-13-9-6-10-14-19;1-3-2/h5-14,16-17,30H,3-4,15H2,1-2H3;1-2H3. The van der Waals surface area contributed by atoms with Gasteiger partial charge in [-0.3, -0.25) is 9.36 Å². The number of nitrogens with zero attached hydrogens (tertiary/aromatic N) is 3. The number of alkyl halides is 3. The number of methoxy groups -OCH3 is 1. The number of halogens is 3. The van der Waals surface area contributed by atoms with Gasteiger partial charge in [-0.2, -0.15) is 13.2 Å². The van der Waals surface area contributed by atoms with E-state index >= 15 is 0 Å². The quantitative estimate of drug-likeness (QED) is 0.301. The molecule has 196 valence electrons. The molecule has 37 heavy (non-hydrogen) atoms. The van der Waals surface area contributed by atoms with Gasteiger partial charge in [0.1, 0.15) is 11.6 Å². The Morgan fingerprint density at radius 2 is 1.57 bits per heavy atom. The van der Waals surface area contributed by atoms with Crippen molar-refractivity contribution in [1.82, 2.24) is 9.55 Å². The molecule has 0 radical (unpaired) electrons. The molecule has 1 N–H and O–H groups in total. The van der Waals surface area contributed by atoms with Crippen molar-refractivity contribution in [3.05, 3.63) is 88.6 Å². The number of aromatic nitrogens is 2. The van der Waals surface area contributed by atoms with E-state index < -0.39 is 22.6 Å². The predicted molar refractivity (Wildman–Crippen MR) is 143 cm³/mol. The highest BCUT2D eigenvalue weighted by atomic mass is 19.4. The SMILES string of the molecule is CCCN(CC)c1cc(C(F)(F)F)c2c(=O)cc(Nc3ccccc3)n(-c3ccccc3)c2n1.COC. The van der Waals surface area contributed by atoms with Crippen molar-refractivity contribution in [3.63, 3.8) is 0 Å². The minimum absolute atomic E-state index is 0.0449. The lowest BCUT2D eigenvalue weighted by Crippen LogP contribution is -2.26. The van der Waals surface area contributed by atoms with E-state index in [4.69, 9.17) is 0 Å². The summed E-state index contributed by atoms with van der Waals surface area (Å²) in [6, 6.07) is 20.3. The monoisotopic (exact) mass is 512 g/mol. The lowest BCUT2D eigenvalue weighted by Gasteiger charge is -2.25. The first-order valence-corrected chi connectivity index (χ1v) is 12.0. The average molecular weight is 513 g/mol. The molecule has 2 aromatic carbocycles. The molecule has 4 rings (SSSR count). The molecule has 0 unspecified atom stereocenters. The molecule has 9 heteroatoms. The van der Waals surface area contributed by atoms with Crippen molar-refractivity contribution >= 4 is 28.4 Å². The summed E-state index contributed by atoms with van der Waals surface area (Å²) in [6.07, 6.45) is -3.97. The fraction of sp³-hybridized carbons (Fsp3) is 0.286. The third kappa shape index (κ3) is 6.48. The van der Waals surface area contributed by atoms with Crippen LogP contribution in [0.2, 0.25) is 0 Å². The largest absolute Gasteiger partial charge is 0.417 e. The zero-order valence-electron chi connectivity index (χ0n) is 21.3. The Hall–Kier alpha value is -3.85. The molecule has 0 bridgehead atoms. The van der Waals surface area contributed by atoms with Crippen LogP contribution in [0.25, 0.3) is 16.7 Å². The van der Waals surface area contributed by atoms with Crippen molar-refractivity contribution in [1.29, 1.82) is 0 Å². The van der Waals surface area contributed by atoms with E-state index in [1.807, 2.05) is 50.2 Å². The van der Waals surface area contributed by atoms with Gasteiger partial charge in [-0.15, -0.1) is 0 Å². The first-order chi connectivity index (χ1) is 17.7. The van der Waals surface area contributed by atoms with E-state index in [2.05, 4.69) is 15.0 Å². The van der Waals surface area contributed by atoms with Gasteiger partial charge in [-0.05, 0) is 43.7 Å². The van der Waals surface area contributed by atoms with Gasteiger partial charge in [-0.25, -0.2) is 4.98 Å². The first kappa shape index (κ1) is 27.7. The number of hydrogen-bond donors (Lipinski definition) is 1. The van der Waals surface area contributed by atoms with Crippen LogP contribution in [0.3, 0.4) is 0 Å². The van der Waals surface area contributed by atoms with Crippen LogP contribution in [0.5, 0.6) is 0 Å². The maximum atomic E-state index is 14.2. The molecular weight excluding hydrogens is 481 g/mol. The summed E-state index contributed by atoms with van der Waals surface area (Å²) in [5.74, 6) is 0.510. The summed E-state index contributed by atoms with van der Waals surface area (Å²) in [6.45, 7) is 4.85. The third-order valence-electron chi connectivity index (χ3n) is 5.52. The number of rotatable bonds is 7. The number of hydrogen-bond acceptors (Lipinski definition) is 5. The summed E-state index contributed by atoms with van der Waals surface area (Å²) in [5, 5.41) is 2.73. The van der Waals surface area contributed by atoms with Gasteiger partial charge in [0.2, 0.25) is 0 Å². The van der Waals surface area contributed by atoms with E-state index in [0.29, 0.717) is 30.3 Å². The zero-order chi connectivity index (χ0) is 27.0. The third-order valence-corrected chi connectivity index (χ3v) is 5.52. The van der Waals surface area contributed by atoms with Crippen molar-refractivity contribution in [3.8, 4) is 5.69 Å². The highest BCUT2D eigenvalue weighted by molar-refractivity contribution is 5.86. The molecule has 4 aromatic rings. The second-order valence-electron chi connectivity index (χ2n) is 8.27. The summed E-state index contributed by atoms with van der Waals surface area (Å²) < 4.78 is 48.4. The van der Waals surface area contributed by atoms with Crippen LogP contribution in [-0.4, -0.2) is 36.9 Å². The minimum atomic E-state index is -4.72. The Balaban J connectivity index is 0.00000121. The second kappa shape index (κ2) is 12.4. The van der Waals surface area contributed by atoms with Crippen LogP contribution in [-0.2, 0) is 10.9 Å². The van der Waals surface area contributed by atoms with Gasteiger partial charge in [0.15, 0.2) is 11.1 Å². The Labute approximate surface area is 214 Å². The second-order valence-corrected chi connectivity index (χ2v) is 8.27. The Kier molecular flexibility index (Phi) is 9.30. The highest BCUT2D eigenvalue weighted by Gasteiger charge is 2.36. The normalized spacial score (nSPS) is 11.1. The van der Waals surface area contributed by atoms with Crippen molar-refractivity contribution in [2.75, 3.05) is 37.5 Å². The fourth-order valence-electron chi connectivity index (χ4n) is 3.99. The molecule has 0 saturated heterocycles. The van der Waals surface area contributed by atoms with Gasteiger partial charge < -0.3 is 15.0 Å². The number of nitrogens with one attached hydrogen (secondary N) is 1. The molecule has 0 spiro atoms. The van der Waals surface area contributed by atoms with Gasteiger partial charge in [0.25, 0.3) is 0 Å². The van der Waals surface area contributed by atoms with Crippen LogP contribution < -0.4 is 15.6 Å². The molecule has 0 aliphatic carbocycles. The molecule has 0 atom stereocenters. The Bertz CT molecular complexity index is 1360. The van der Waals surface area contributed by atoms with Crippen LogP contribution in [0, 0.1) is 0 Å². The van der Waals surface area contributed by atoms with Gasteiger partial charge in [-0.1, -0.05) is 43.3 Å². The van der Waals surface area contributed by atoms with Crippen LogP contribution in [0.4, 0.5) is 30.5 Å². The number of fused-ring (bicyclic) bond motifs is 1. The first-order valence-electron chi connectivity index (χ1n) is 12.0. The van der Waals surface area contributed by atoms with E-state index in [1.165, 1.54) is 6.07 Å². The lowest BCUT2D eigenvalue weighted by atomic mass is 10.1. The summed E-state index contributed by atoms with van der Waals surface area (Å²) in [7, 11) is 3.25. The van der Waals surface area contributed by atoms with Crippen molar-refractivity contribution < 1.29 is 17.9 Å². The van der Waals surface area contributed by atoms with Gasteiger partial charge in [0, 0.05) is 44.8 Å². The molecule has 0 aliphatic heterocycles. The molecule has 0 fully saturated rings. The van der Waals surface area contributed by atoms with Crippen LogP contribution in [0.1, 0.15) is 25.8 Å². The number of ether oxygens (including phenoxy) is 1. The molecule has 0 aliphatic rings. The number of benzene rings is 2. The van der Waals surface area contributed by atoms with Crippen molar-refractivity contribution in [2.45, 2.75) is 26.4 Å². The summed E-state index contributed by atoms with van der Waals surface area (Å²) in [4.78, 5) is 19.5. The summed E-state index contributed by atoms with van der Waals surface area (Å²) >= 11 is 0. The van der Waals surface area contributed by atoms with Crippen LogP contribution >= 0.6 is 0 Å². The molecule has 6 nitrogen and oxygen atoms in total. The summed E-state index contributed by atoms with van der Waals surface area (Å²) in [5.41, 5.74) is -0.494. The number of anilines is 3.